The van der Waals surface area contributed by atoms with E-state index in [2.05, 4.69) is 50.6 Å². The summed E-state index contributed by atoms with van der Waals surface area (Å²) in [5.74, 6) is 2.69. The van der Waals surface area contributed by atoms with Crippen molar-refractivity contribution in [2.45, 2.75) is 39.8 Å². The number of halogens is 1. The Kier molecular flexibility index (Phi) is 7.31. The zero-order valence-corrected chi connectivity index (χ0v) is 16.7. The van der Waals surface area contributed by atoms with Crippen molar-refractivity contribution in [1.29, 1.82) is 0 Å². The molecule has 136 valence electrons. The Labute approximate surface area is 157 Å². The van der Waals surface area contributed by atoms with Gasteiger partial charge in [0.1, 0.15) is 5.75 Å². The minimum Gasteiger partial charge on any atom is -0.496 e. The highest BCUT2D eigenvalue weighted by atomic mass is 79.9. The molecule has 0 saturated carbocycles. The predicted octanol–water partition coefficient (Wildman–Crippen LogP) is 3.82. The van der Waals surface area contributed by atoms with Gasteiger partial charge >= 0.3 is 0 Å². The number of rotatable bonds is 7. The lowest BCUT2D eigenvalue weighted by molar-refractivity contribution is 0.372. The summed E-state index contributed by atoms with van der Waals surface area (Å²) >= 11 is 3.50. The molecule has 1 heterocycles. The quantitative estimate of drug-likeness (QED) is 0.537. The van der Waals surface area contributed by atoms with Gasteiger partial charge in [-0.15, -0.1) is 0 Å². The number of hydrogen-bond donors (Lipinski definition) is 2. The number of methoxy groups -OCH3 is 1. The maximum Gasteiger partial charge on any atom is 0.191 e. The zero-order chi connectivity index (χ0) is 18.2. The molecule has 0 aliphatic heterocycles. The van der Waals surface area contributed by atoms with Crippen molar-refractivity contribution in [3.63, 3.8) is 0 Å². The topological polar surface area (TPSA) is 71.7 Å². The Bertz CT molecular complexity index is 713. The summed E-state index contributed by atoms with van der Waals surface area (Å²) in [6.45, 7) is 8.10. The molecule has 2 N–H and O–H groups in total. The number of hydrogen-bond acceptors (Lipinski definition) is 4. The number of aliphatic imine (C=N–C) groups is 1. The van der Waals surface area contributed by atoms with Crippen molar-refractivity contribution in [2.24, 2.45) is 4.99 Å². The fourth-order valence-electron chi connectivity index (χ4n) is 2.18. The van der Waals surface area contributed by atoms with Crippen LogP contribution in [0.3, 0.4) is 0 Å². The zero-order valence-electron chi connectivity index (χ0n) is 15.1. The normalized spacial score (nSPS) is 11.7. The second kappa shape index (κ2) is 9.46. The van der Waals surface area contributed by atoms with E-state index in [0.29, 0.717) is 19.0 Å². The van der Waals surface area contributed by atoms with Gasteiger partial charge in [0.2, 0.25) is 0 Å². The highest BCUT2D eigenvalue weighted by Crippen LogP contribution is 2.25. The number of nitrogens with one attached hydrogen (secondary N) is 2. The van der Waals surface area contributed by atoms with E-state index in [1.807, 2.05) is 31.2 Å². The maximum absolute atomic E-state index is 5.34. The van der Waals surface area contributed by atoms with Crippen LogP contribution in [0.2, 0.25) is 0 Å². The van der Waals surface area contributed by atoms with Crippen molar-refractivity contribution < 1.29 is 9.26 Å². The third kappa shape index (κ3) is 5.77. The molecule has 0 bridgehead atoms. The van der Waals surface area contributed by atoms with E-state index in [9.17, 15) is 0 Å². The third-order valence-electron chi connectivity index (χ3n) is 3.58. The van der Waals surface area contributed by atoms with Crippen LogP contribution in [0, 0.1) is 0 Å². The van der Waals surface area contributed by atoms with E-state index in [-0.39, 0.29) is 0 Å². The average Bonchev–Trinajstić information content (AvgIpc) is 3.07. The second-order valence-corrected chi connectivity index (χ2v) is 6.74. The van der Waals surface area contributed by atoms with Crippen LogP contribution in [-0.2, 0) is 13.1 Å². The van der Waals surface area contributed by atoms with E-state index in [4.69, 9.17) is 9.26 Å². The van der Waals surface area contributed by atoms with Crippen molar-refractivity contribution in [2.75, 3.05) is 13.7 Å². The lowest BCUT2D eigenvalue weighted by atomic mass is 10.1. The van der Waals surface area contributed by atoms with Crippen LogP contribution in [0.15, 0.2) is 38.3 Å². The van der Waals surface area contributed by atoms with Gasteiger partial charge in [0.05, 0.1) is 30.4 Å². The molecule has 0 spiro atoms. The smallest absolute Gasteiger partial charge is 0.191 e. The average molecular weight is 409 g/mol. The summed E-state index contributed by atoms with van der Waals surface area (Å²) < 4.78 is 11.5. The first-order chi connectivity index (χ1) is 12.0. The Balaban J connectivity index is 1.98. The summed E-state index contributed by atoms with van der Waals surface area (Å²) in [6, 6.07) is 7.92. The molecule has 0 atom stereocenters. The minimum atomic E-state index is 0.355. The molecule has 25 heavy (non-hydrogen) atoms. The lowest BCUT2D eigenvalue weighted by Gasteiger charge is -2.10. The number of benzene rings is 1. The first-order valence-corrected chi connectivity index (χ1v) is 9.12. The van der Waals surface area contributed by atoms with Crippen LogP contribution in [0.1, 0.15) is 43.7 Å². The van der Waals surface area contributed by atoms with Gasteiger partial charge in [-0.05, 0) is 46.5 Å². The molecule has 2 aromatic rings. The molecular formula is C18H25BrN4O2. The van der Waals surface area contributed by atoms with Gasteiger partial charge in [-0.25, -0.2) is 4.99 Å². The van der Waals surface area contributed by atoms with Crippen molar-refractivity contribution >= 4 is 21.9 Å². The van der Waals surface area contributed by atoms with E-state index in [1.165, 1.54) is 0 Å². The summed E-state index contributed by atoms with van der Waals surface area (Å²) in [6.07, 6.45) is 0. The Morgan fingerprint density at radius 3 is 2.72 bits per heavy atom. The van der Waals surface area contributed by atoms with Crippen LogP contribution in [0.4, 0.5) is 0 Å². The van der Waals surface area contributed by atoms with Crippen LogP contribution in [0.5, 0.6) is 5.75 Å². The third-order valence-corrected chi connectivity index (χ3v) is 4.20. The van der Waals surface area contributed by atoms with E-state index < -0.39 is 0 Å². The Hall–Kier alpha value is -2.02. The molecule has 0 aliphatic carbocycles. The maximum atomic E-state index is 5.34. The lowest BCUT2D eigenvalue weighted by Crippen LogP contribution is -2.36. The Morgan fingerprint density at radius 2 is 2.12 bits per heavy atom. The molecule has 6 nitrogen and oxygen atoms in total. The van der Waals surface area contributed by atoms with Gasteiger partial charge in [-0.2, -0.15) is 0 Å². The molecule has 0 amide bonds. The van der Waals surface area contributed by atoms with Crippen molar-refractivity contribution in [3.05, 3.63) is 45.8 Å². The first kappa shape index (κ1) is 19.3. The SMILES string of the molecule is CCNC(=NCc1ccc(OC)c(Br)c1)NCc1cc(C(C)C)no1. The summed E-state index contributed by atoms with van der Waals surface area (Å²) in [5.41, 5.74) is 2.05. The molecule has 0 saturated heterocycles. The van der Waals surface area contributed by atoms with Gasteiger partial charge in [0.25, 0.3) is 0 Å². The number of ether oxygens (including phenoxy) is 1. The molecule has 2 rings (SSSR count). The fraction of sp³-hybridized carbons (Fsp3) is 0.444. The van der Waals surface area contributed by atoms with Crippen LogP contribution >= 0.6 is 15.9 Å². The van der Waals surface area contributed by atoms with Gasteiger partial charge < -0.3 is 19.9 Å². The van der Waals surface area contributed by atoms with Crippen LogP contribution in [0.25, 0.3) is 0 Å². The van der Waals surface area contributed by atoms with Gasteiger partial charge in [0.15, 0.2) is 11.7 Å². The monoisotopic (exact) mass is 408 g/mol. The van der Waals surface area contributed by atoms with Gasteiger partial charge in [0, 0.05) is 12.6 Å². The summed E-state index contributed by atoms with van der Waals surface area (Å²) in [5, 5.41) is 10.6. The standard InChI is InChI=1S/C18H25BrN4O2/c1-5-20-18(22-11-14-9-16(12(2)3)23-25-14)21-10-13-6-7-17(24-4)15(19)8-13/h6-9,12H,5,10-11H2,1-4H3,(H2,20,21,22). The van der Waals surface area contributed by atoms with Crippen molar-refractivity contribution in [1.82, 2.24) is 15.8 Å². The van der Waals surface area contributed by atoms with E-state index in [0.717, 1.165) is 39.7 Å². The van der Waals surface area contributed by atoms with E-state index >= 15 is 0 Å². The Morgan fingerprint density at radius 1 is 1.32 bits per heavy atom. The summed E-state index contributed by atoms with van der Waals surface area (Å²) in [7, 11) is 1.65. The molecule has 0 unspecified atom stereocenters. The van der Waals surface area contributed by atoms with Crippen LogP contribution < -0.4 is 15.4 Å². The molecule has 0 radical (unpaired) electrons. The molecule has 0 aliphatic rings. The highest BCUT2D eigenvalue weighted by molar-refractivity contribution is 9.10. The van der Waals surface area contributed by atoms with Crippen molar-refractivity contribution in [3.8, 4) is 5.75 Å². The first-order valence-electron chi connectivity index (χ1n) is 8.33. The molecule has 1 aromatic heterocycles. The van der Waals surface area contributed by atoms with Crippen LogP contribution in [-0.4, -0.2) is 24.8 Å². The largest absolute Gasteiger partial charge is 0.496 e. The number of guanidine groups is 1. The fourth-order valence-corrected chi connectivity index (χ4v) is 2.76. The molecule has 1 aromatic carbocycles. The van der Waals surface area contributed by atoms with Gasteiger partial charge in [-0.1, -0.05) is 25.1 Å². The molecule has 7 heteroatoms. The summed E-state index contributed by atoms with van der Waals surface area (Å²) in [4.78, 5) is 4.61. The van der Waals surface area contributed by atoms with E-state index in [1.54, 1.807) is 7.11 Å². The van der Waals surface area contributed by atoms with Gasteiger partial charge in [-0.3, -0.25) is 0 Å². The minimum absolute atomic E-state index is 0.355. The molecule has 0 fully saturated rings. The predicted molar refractivity (Wildman–Crippen MR) is 103 cm³/mol. The highest BCUT2D eigenvalue weighted by Gasteiger charge is 2.08. The number of nitrogens with zero attached hydrogens (tertiary/aromatic N) is 2. The molecular weight excluding hydrogens is 384 g/mol. The number of aromatic nitrogens is 1. The second-order valence-electron chi connectivity index (χ2n) is 5.89.